The predicted octanol–water partition coefficient (Wildman–Crippen LogP) is 6.25. The summed E-state index contributed by atoms with van der Waals surface area (Å²) in [5, 5.41) is 22.3. The molecule has 2 fully saturated rings. The van der Waals surface area contributed by atoms with Crippen molar-refractivity contribution in [3.63, 3.8) is 0 Å². The Morgan fingerprint density at radius 3 is 2.51 bits per heavy atom. The Hall–Kier alpha value is -5.07. The molecule has 2 bridgehead atoms. The van der Waals surface area contributed by atoms with Gasteiger partial charge >= 0.3 is 11.7 Å². The lowest BCUT2D eigenvalue weighted by Crippen LogP contribution is -2.37. The van der Waals surface area contributed by atoms with Crippen LogP contribution in [0.5, 0.6) is 5.88 Å². The maximum atomic E-state index is 13.2. The highest BCUT2D eigenvalue weighted by atomic mass is 35.5. The number of rotatable bonds is 9. The lowest BCUT2D eigenvalue weighted by Gasteiger charge is -2.33. The Morgan fingerprint density at radius 2 is 1.77 bits per heavy atom. The molecule has 13 heteroatoms. The van der Waals surface area contributed by atoms with Crippen LogP contribution in [0.3, 0.4) is 0 Å². The van der Waals surface area contributed by atoms with E-state index < -0.39 is 22.6 Å². The summed E-state index contributed by atoms with van der Waals surface area (Å²) >= 11 is 7.26. The van der Waals surface area contributed by atoms with Gasteiger partial charge in [-0.1, -0.05) is 41.9 Å². The Balaban J connectivity index is 1.08. The van der Waals surface area contributed by atoms with Crippen molar-refractivity contribution < 1.29 is 14.6 Å². The number of benzene rings is 2. The molecular weight excluding hydrogens is 694 g/mol. The van der Waals surface area contributed by atoms with Gasteiger partial charge in [-0.3, -0.25) is 23.6 Å². The largest absolute Gasteiger partial charge is 0.481 e. The van der Waals surface area contributed by atoms with Gasteiger partial charge in [0.2, 0.25) is 5.88 Å². The average Bonchev–Trinajstić information content (AvgIpc) is 3.74. The molecule has 5 aromatic rings. The molecule has 2 saturated carbocycles. The fourth-order valence-corrected chi connectivity index (χ4v) is 9.41. The summed E-state index contributed by atoms with van der Waals surface area (Å²) in [4.78, 5) is 45.2. The van der Waals surface area contributed by atoms with Crippen LogP contribution in [0, 0.1) is 17.8 Å². The Bertz CT molecular complexity index is 2430. The SMILES string of the molecule is COc1nc(-c2cccc(-c3cccc(Nc4nncc5c4c(=O)n(C)c(=O)n5C)c3C)c2Cl)cc2c1CCN(CCC13CCC(C(=O)O)(CC1)C3)C2. The molecule has 0 saturated heterocycles. The Kier molecular flexibility index (Phi) is 8.65. The Morgan fingerprint density at radius 1 is 1.04 bits per heavy atom. The number of aromatic nitrogens is 5. The van der Waals surface area contributed by atoms with E-state index in [4.69, 9.17) is 21.3 Å². The quantitative estimate of drug-likeness (QED) is 0.178. The molecule has 53 heavy (non-hydrogen) atoms. The molecule has 0 unspecified atom stereocenters. The fourth-order valence-electron chi connectivity index (χ4n) is 9.09. The monoisotopic (exact) mass is 735 g/mol. The highest BCUT2D eigenvalue weighted by molar-refractivity contribution is 6.36. The minimum absolute atomic E-state index is 0.151. The second-order valence-electron chi connectivity index (χ2n) is 15.1. The second kappa shape index (κ2) is 13.1. The van der Waals surface area contributed by atoms with Gasteiger partial charge in [-0.2, -0.15) is 5.10 Å². The van der Waals surface area contributed by atoms with E-state index in [1.165, 1.54) is 17.8 Å². The first kappa shape index (κ1) is 35.0. The first-order chi connectivity index (χ1) is 25.4. The third-order valence-corrected chi connectivity index (χ3v) is 12.7. The summed E-state index contributed by atoms with van der Waals surface area (Å²) in [6, 6.07) is 13.8. The molecule has 8 rings (SSSR count). The number of aliphatic carboxylic acids is 1. The van der Waals surface area contributed by atoms with Crippen molar-refractivity contribution in [3.05, 3.63) is 91.2 Å². The molecule has 0 amide bonds. The van der Waals surface area contributed by atoms with E-state index in [-0.39, 0.29) is 16.6 Å². The summed E-state index contributed by atoms with van der Waals surface area (Å²) < 4.78 is 8.28. The van der Waals surface area contributed by atoms with Gasteiger partial charge in [0.15, 0.2) is 5.82 Å². The zero-order valence-electron chi connectivity index (χ0n) is 30.3. The number of fused-ring (bicyclic) bond motifs is 4. The number of nitrogens with zero attached hydrogens (tertiary/aromatic N) is 6. The smallest absolute Gasteiger partial charge is 0.330 e. The van der Waals surface area contributed by atoms with E-state index in [0.717, 1.165) is 108 Å². The van der Waals surface area contributed by atoms with Crippen molar-refractivity contribution in [1.29, 1.82) is 0 Å². The number of hydrogen-bond donors (Lipinski definition) is 2. The van der Waals surface area contributed by atoms with Gasteiger partial charge in [0.25, 0.3) is 5.56 Å². The number of anilines is 2. The van der Waals surface area contributed by atoms with Gasteiger partial charge in [0, 0.05) is 49.6 Å². The van der Waals surface area contributed by atoms with Crippen LogP contribution in [0.25, 0.3) is 33.3 Å². The second-order valence-corrected chi connectivity index (χ2v) is 15.5. The maximum absolute atomic E-state index is 13.2. The summed E-state index contributed by atoms with van der Waals surface area (Å²) in [7, 11) is 4.69. The van der Waals surface area contributed by atoms with Crippen molar-refractivity contribution >= 4 is 40.0 Å². The maximum Gasteiger partial charge on any atom is 0.330 e. The van der Waals surface area contributed by atoms with E-state index >= 15 is 0 Å². The topological polar surface area (TPSA) is 144 Å². The van der Waals surface area contributed by atoms with E-state index in [0.29, 0.717) is 22.1 Å². The number of ether oxygens (including phenoxy) is 1. The minimum Gasteiger partial charge on any atom is -0.481 e. The summed E-state index contributed by atoms with van der Waals surface area (Å²) in [6.07, 6.45) is 7.72. The molecule has 0 spiro atoms. The van der Waals surface area contributed by atoms with Crippen LogP contribution in [-0.4, -0.2) is 60.5 Å². The van der Waals surface area contributed by atoms with Crippen molar-refractivity contribution in [2.24, 2.45) is 24.9 Å². The van der Waals surface area contributed by atoms with Crippen LogP contribution in [0.15, 0.2) is 58.3 Å². The van der Waals surface area contributed by atoms with Gasteiger partial charge in [-0.05, 0) is 92.7 Å². The minimum atomic E-state index is -0.614. The van der Waals surface area contributed by atoms with E-state index in [1.54, 1.807) is 14.2 Å². The fraction of sp³-hybridized carbons (Fsp3) is 0.400. The van der Waals surface area contributed by atoms with E-state index in [1.807, 2.05) is 43.3 Å². The van der Waals surface area contributed by atoms with Crippen LogP contribution in [0.4, 0.5) is 11.5 Å². The van der Waals surface area contributed by atoms with Gasteiger partial charge in [-0.15, -0.1) is 5.10 Å². The van der Waals surface area contributed by atoms with Crippen LogP contribution >= 0.6 is 11.6 Å². The van der Waals surface area contributed by atoms with E-state index in [2.05, 4.69) is 26.5 Å². The molecule has 4 heterocycles. The van der Waals surface area contributed by atoms with Gasteiger partial charge < -0.3 is 15.2 Å². The average molecular weight is 736 g/mol. The molecule has 0 radical (unpaired) electrons. The molecule has 274 valence electrons. The van der Waals surface area contributed by atoms with Gasteiger partial charge in [0.1, 0.15) is 5.39 Å². The number of carboxylic acid groups (broad SMARTS) is 1. The molecule has 1 aliphatic heterocycles. The normalized spacial score (nSPS) is 20.8. The van der Waals surface area contributed by atoms with E-state index in [9.17, 15) is 19.5 Å². The summed E-state index contributed by atoms with van der Waals surface area (Å²) in [5.41, 5.74) is 6.20. The zero-order chi connectivity index (χ0) is 37.2. The molecular formula is C40H42ClN7O5. The molecule has 2 aromatic carbocycles. The molecule has 3 aliphatic rings. The van der Waals surface area contributed by atoms with Crippen LogP contribution in [0.1, 0.15) is 55.2 Å². The third-order valence-electron chi connectivity index (χ3n) is 12.3. The number of carbonyl (C=O) groups is 1. The van der Waals surface area contributed by atoms with Gasteiger partial charge in [-0.25, -0.2) is 9.78 Å². The molecule has 3 aromatic heterocycles. The number of pyridine rings is 1. The lowest BCUT2D eigenvalue weighted by atomic mass is 9.80. The summed E-state index contributed by atoms with van der Waals surface area (Å²) in [6.45, 7) is 4.58. The highest BCUT2D eigenvalue weighted by Crippen LogP contribution is 2.63. The number of halogens is 1. The Labute approximate surface area is 311 Å². The molecule has 0 atom stereocenters. The van der Waals surface area contributed by atoms with Crippen molar-refractivity contribution in [1.82, 2.24) is 29.2 Å². The number of carboxylic acids is 1. The van der Waals surface area contributed by atoms with Crippen molar-refractivity contribution in [3.8, 4) is 28.3 Å². The van der Waals surface area contributed by atoms with Crippen LogP contribution in [0.2, 0.25) is 5.02 Å². The van der Waals surface area contributed by atoms with Crippen LogP contribution in [-0.2, 0) is 31.9 Å². The van der Waals surface area contributed by atoms with Crippen LogP contribution < -0.4 is 21.3 Å². The van der Waals surface area contributed by atoms with Crippen molar-refractivity contribution in [2.75, 3.05) is 25.5 Å². The zero-order valence-corrected chi connectivity index (χ0v) is 31.1. The number of methoxy groups -OCH3 is 1. The highest BCUT2D eigenvalue weighted by Gasteiger charge is 2.57. The number of hydrogen-bond acceptors (Lipinski definition) is 9. The van der Waals surface area contributed by atoms with Crippen molar-refractivity contribution in [2.45, 2.75) is 58.4 Å². The molecule has 2 N–H and O–H groups in total. The third kappa shape index (κ3) is 5.79. The molecule has 2 aliphatic carbocycles. The lowest BCUT2D eigenvalue weighted by molar-refractivity contribution is -0.148. The standard InChI is InChI=1S/C40H42ClN7O5/c1-23-25(7-6-10-29(23)43-34-32-31(20-42-45-34)46(2)38(52)47(3)36(32)49)27-8-5-9-28(33(27)41)30-19-24-21-48(17-11-26(24)35(44-30)53-4)18-16-39-12-14-40(22-39,15-13-39)37(50)51/h5-10,19-20H,11-18,21-22H2,1-4H3,(H,43,45)(H,50,51). The number of nitrogens with one attached hydrogen (secondary N) is 1. The summed E-state index contributed by atoms with van der Waals surface area (Å²) in [5.74, 6) is 0.243. The molecule has 12 nitrogen and oxygen atoms in total. The first-order valence-corrected chi connectivity index (χ1v) is 18.4. The number of aryl methyl sites for hydroxylation is 1. The predicted molar refractivity (Wildman–Crippen MR) is 204 cm³/mol. The first-order valence-electron chi connectivity index (χ1n) is 18.0. The van der Waals surface area contributed by atoms with Gasteiger partial charge in [0.05, 0.1) is 35.0 Å².